The number of nitrogens with zero attached hydrogens (tertiary/aromatic N) is 1. The second-order valence-electron chi connectivity index (χ2n) is 4.69. The minimum absolute atomic E-state index is 0.619. The lowest BCUT2D eigenvalue weighted by Gasteiger charge is -2.21. The summed E-state index contributed by atoms with van der Waals surface area (Å²) in [6, 6.07) is 0.619. The van der Waals surface area contributed by atoms with Gasteiger partial charge in [0.05, 0.1) is 0 Å². The third-order valence-electron chi connectivity index (χ3n) is 3.14. The van der Waals surface area contributed by atoms with E-state index in [0.717, 1.165) is 19.6 Å². The van der Waals surface area contributed by atoms with E-state index in [4.69, 9.17) is 0 Å². The molecule has 2 saturated heterocycles. The Bertz CT molecular complexity index is 176. The van der Waals surface area contributed by atoms with Crippen molar-refractivity contribution in [2.75, 3.05) is 26.2 Å². The maximum atomic E-state index is 13.5. The largest absolute Gasteiger partial charge is 0.313 e. The van der Waals surface area contributed by atoms with E-state index in [0.29, 0.717) is 19.0 Å². The van der Waals surface area contributed by atoms with Crippen LogP contribution in [0, 0.1) is 0 Å². The molecule has 0 radical (unpaired) electrons. The summed E-state index contributed by atoms with van der Waals surface area (Å²) in [5, 5.41) is 3.45. The van der Waals surface area contributed by atoms with Crippen molar-refractivity contribution in [1.82, 2.24) is 10.2 Å². The van der Waals surface area contributed by atoms with Crippen LogP contribution >= 0.6 is 0 Å². The maximum absolute atomic E-state index is 13.5. The molecule has 1 unspecified atom stereocenters. The molecule has 0 aromatic rings. The van der Waals surface area contributed by atoms with Gasteiger partial charge in [-0.15, -0.1) is 0 Å². The maximum Gasteiger partial charge on any atom is 0.122 e. The van der Waals surface area contributed by atoms with Crippen LogP contribution in [0.15, 0.2) is 0 Å². The van der Waals surface area contributed by atoms with Crippen molar-refractivity contribution in [3.8, 4) is 0 Å². The molecule has 2 atom stereocenters. The number of alkyl halides is 1. The molecule has 0 spiro atoms. The molecule has 2 rings (SSSR count). The van der Waals surface area contributed by atoms with E-state index in [1.165, 1.54) is 12.8 Å². The first-order valence-electron chi connectivity index (χ1n) is 5.30. The first kappa shape index (κ1) is 9.41. The molecule has 2 fully saturated rings. The normalized spacial score (nSPS) is 41.5. The van der Waals surface area contributed by atoms with Gasteiger partial charge in [-0.25, -0.2) is 4.39 Å². The highest BCUT2D eigenvalue weighted by Crippen LogP contribution is 2.25. The minimum Gasteiger partial charge on any atom is -0.313 e. The summed E-state index contributed by atoms with van der Waals surface area (Å²) in [5.41, 5.74) is -0.932. The summed E-state index contributed by atoms with van der Waals surface area (Å²) in [6.45, 7) is 5.47. The summed E-state index contributed by atoms with van der Waals surface area (Å²) < 4.78 is 13.5. The predicted octanol–water partition coefficient (Wildman–Crippen LogP) is 1.17. The predicted molar refractivity (Wildman–Crippen MR) is 51.6 cm³/mol. The van der Waals surface area contributed by atoms with Gasteiger partial charge in [0.15, 0.2) is 0 Å². The Morgan fingerprint density at radius 1 is 1.62 bits per heavy atom. The molecule has 2 aliphatic rings. The quantitative estimate of drug-likeness (QED) is 0.696. The highest BCUT2D eigenvalue weighted by molar-refractivity contribution is 4.89. The van der Waals surface area contributed by atoms with E-state index < -0.39 is 5.67 Å². The summed E-state index contributed by atoms with van der Waals surface area (Å²) in [7, 11) is 0. The van der Waals surface area contributed by atoms with Gasteiger partial charge < -0.3 is 5.32 Å². The Morgan fingerprint density at radius 3 is 3.00 bits per heavy atom. The topological polar surface area (TPSA) is 15.3 Å². The van der Waals surface area contributed by atoms with E-state index in [-0.39, 0.29) is 0 Å². The molecule has 0 saturated carbocycles. The fourth-order valence-corrected chi connectivity index (χ4v) is 2.40. The molecule has 13 heavy (non-hydrogen) atoms. The van der Waals surface area contributed by atoms with Crippen LogP contribution in [-0.4, -0.2) is 42.8 Å². The van der Waals surface area contributed by atoms with E-state index in [2.05, 4.69) is 10.2 Å². The van der Waals surface area contributed by atoms with Gasteiger partial charge in [-0.3, -0.25) is 4.90 Å². The summed E-state index contributed by atoms with van der Waals surface area (Å²) >= 11 is 0. The SMILES string of the molecule is CC1(F)CCN(C[C@@H]2CCCN2)C1. The zero-order valence-corrected chi connectivity index (χ0v) is 8.35. The highest BCUT2D eigenvalue weighted by Gasteiger charge is 2.34. The Labute approximate surface area is 79.5 Å². The molecular formula is C10H19FN2. The molecule has 3 heteroatoms. The average Bonchev–Trinajstić information content (AvgIpc) is 2.61. The van der Waals surface area contributed by atoms with E-state index in [9.17, 15) is 4.39 Å². The van der Waals surface area contributed by atoms with Crippen molar-refractivity contribution in [1.29, 1.82) is 0 Å². The molecule has 1 N–H and O–H groups in total. The fraction of sp³-hybridized carbons (Fsp3) is 1.00. The summed E-state index contributed by atoms with van der Waals surface area (Å²) in [5.74, 6) is 0. The average molecular weight is 186 g/mol. The zero-order valence-electron chi connectivity index (χ0n) is 8.35. The van der Waals surface area contributed by atoms with Gasteiger partial charge in [-0.05, 0) is 32.7 Å². The Hall–Kier alpha value is -0.150. The minimum atomic E-state index is -0.932. The highest BCUT2D eigenvalue weighted by atomic mass is 19.1. The Kier molecular flexibility index (Phi) is 2.56. The Morgan fingerprint density at radius 2 is 2.46 bits per heavy atom. The molecule has 2 aliphatic heterocycles. The van der Waals surface area contributed by atoms with Crippen LogP contribution in [0.25, 0.3) is 0 Å². The van der Waals surface area contributed by atoms with Gasteiger partial charge in [0.1, 0.15) is 5.67 Å². The van der Waals surface area contributed by atoms with E-state index >= 15 is 0 Å². The number of nitrogens with one attached hydrogen (secondary N) is 1. The molecular weight excluding hydrogens is 167 g/mol. The van der Waals surface area contributed by atoms with E-state index in [1.807, 2.05) is 0 Å². The van der Waals surface area contributed by atoms with Crippen LogP contribution < -0.4 is 5.32 Å². The molecule has 2 heterocycles. The molecule has 0 bridgehead atoms. The molecule has 76 valence electrons. The van der Waals surface area contributed by atoms with Crippen molar-refractivity contribution in [3.63, 3.8) is 0 Å². The van der Waals surface area contributed by atoms with Crippen molar-refractivity contribution in [2.45, 2.75) is 37.9 Å². The van der Waals surface area contributed by atoms with Gasteiger partial charge in [-0.1, -0.05) is 0 Å². The molecule has 0 amide bonds. The van der Waals surface area contributed by atoms with Crippen LogP contribution in [0.3, 0.4) is 0 Å². The summed E-state index contributed by atoms with van der Waals surface area (Å²) in [4.78, 5) is 2.25. The van der Waals surface area contributed by atoms with Gasteiger partial charge in [-0.2, -0.15) is 0 Å². The van der Waals surface area contributed by atoms with Crippen molar-refractivity contribution in [3.05, 3.63) is 0 Å². The molecule has 0 aromatic heterocycles. The van der Waals surface area contributed by atoms with Crippen molar-refractivity contribution < 1.29 is 4.39 Å². The number of halogens is 1. The number of hydrogen-bond donors (Lipinski definition) is 1. The first-order valence-corrected chi connectivity index (χ1v) is 5.30. The van der Waals surface area contributed by atoms with Crippen molar-refractivity contribution >= 4 is 0 Å². The van der Waals surface area contributed by atoms with Crippen LogP contribution in [-0.2, 0) is 0 Å². The molecule has 0 aliphatic carbocycles. The lowest BCUT2D eigenvalue weighted by molar-refractivity contribution is 0.184. The van der Waals surface area contributed by atoms with Gasteiger partial charge in [0, 0.05) is 25.7 Å². The summed E-state index contributed by atoms with van der Waals surface area (Å²) in [6.07, 6.45) is 3.25. The third-order valence-corrected chi connectivity index (χ3v) is 3.14. The second kappa shape index (κ2) is 3.54. The number of likely N-dealkylation sites (tertiary alicyclic amines) is 1. The van der Waals surface area contributed by atoms with Crippen LogP contribution in [0.4, 0.5) is 4.39 Å². The number of hydrogen-bond acceptors (Lipinski definition) is 2. The van der Waals surface area contributed by atoms with Crippen LogP contribution in [0.2, 0.25) is 0 Å². The van der Waals surface area contributed by atoms with E-state index in [1.54, 1.807) is 6.92 Å². The van der Waals surface area contributed by atoms with Gasteiger partial charge in [0.25, 0.3) is 0 Å². The lowest BCUT2D eigenvalue weighted by Crippen LogP contribution is -2.37. The Balaban J connectivity index is 1.77. The van der Waals surface area contributed by atoms with Gasteiger partial charge in [0.2, 0.25) is 0 Å². The van der Waals surface area contributed by atoms with Crippen molar-refractivity contribution in [2.24, 2.45) is 0 Å². The smallest absolute Gasteiger partial charge is 0.122 e. The zero-order chi connectivity index (χ0) is 9.31. The monoisotopic (exact) mass is 186 g/mol. The second-order valence-corrected chi connectivity index (χ2v) is 4.69. The first-order chi connectivity index (χ1) is 6.16. The molecule has 0 aromatic carbocycles. The van der Waals surface area contributed by atoms with Gasteiger partial charge >= 0.3 is 0 Å². The van der Waals surface area contributed by atoms with Crippen LogP contribution in [0.5, 0.6) is 0 Å². The van der Waals surface area contributed by atoms with Crippen LogP contribution in [0.1, 0.15) is 26.2 Å². The number of rotatable bonds is 2. The molecule has 2 nitrogen and oxygen atoms in total. The third kappa shape index (κ3) is 2.41. The fourth-order valence-electron chi connectivity index (χ4n) is 2.40. The lowest BCUT2D eigenvalue weighted by atomic mass is 10.1. The standard InChI is InChI=1S/C10H19FN2/c1-10(11)4-6-13(8-10)7-9-3-2-5-12-9/h9,12H,2-8H2,1H3/t9-,10?/m0/s1.